The summed E-state index contributed by atoms with van der Waals surface area (Å²) in [5, 5.41) is 0. The molecule has 5 heteroatoms. The van der Waals surface area contributed by atoms with Crippen molar-refractivity contribution in [3.05, 3.63) is 29.6 Å². The summed E-state index contributed by atoms with van der Waals surface area (Å²) < 4.78 is 6.33. The van der Waals surface area contributed by atoms with Crippen LogP contribution in [0.25, 0.3) is 0 Å². The van der Waals surface area contributed by atoms with Crippen LogP contribution in [-0.4, -0.2) is 45.5 Å². The molecule has 4 rings (SSSR count). The van der Waals surface area contributed by atoms with Crippen LogP contribution in [0, 0.1) is 12.8 Å². The lowest BCUT2D eigenvalue weighted by molar-refractivity contribution is -0.137. The molecule has 4 nitrogen and oxygen atoms in total. The van der Waals surface area contributed by atoms with Gasteiger partial charge in [0.15, 0.2) is 0 Å². The van der Waals surface area contributed by atoms with Gasteiger partial charge in [-0.25, -0.2) is 0 Å². The lowest BCUT2D eigenvalue weighted by atomic mass is 9.92. The number of pyridine rings is 1. The minimum Gasteiger partial charge on any atom is -0.371 e. The third kappa shape index (κ3) is 3.56. The second-order valence-electron chi connectivity index (χ2n) is 7.30. The summed E-state index contributed by atoms with van der Waals surface area (Å²) in [5.74, 6) is 2.09. The van der Waals surface area contributed by atoms with E-state index >= 15 is 0 Å². The van der Waals surface area contributed by atoms with Crippen LogP contribution in [0.5, 0.6) is 0 Å². The maximum absolute atomic E-state index is 12.1. The third-order valence-corrected chi connectivity index (χ3v) is 6.63. The van der Waals surface area contributed by atoms with Crippen molar-refractivity contribution in [2.24, 2.45) is 5.92 Å². The van der Waals surface area contributed by atoms with Gasteiger partial charge in [-0.15, -0.1) is 11.8 Å². The van der Waals surface area contributed by atoms with E-state index in [0.29, 0.717) is 24.5 Å². The summed E-state index contributed by atoms with van der Waals surface area (Å²) in [6.45, 7) is 4.44. The van der Waals surface area contributed by atoms with Gasteiger partial charge in [0.2, 0.25) is 5.91 Å². The quantitative estimate of drug-likeness (QED) is 0.831. The Labute approximate surface area is 142 Å². The number of aromatic nitrogens is 1. The lowest BCUT2D eigenvalue weighted by Gasteiger charge is -2.47. The van der Waals surface area contributed by atoms with E-state index in [1.807, 2.05) is 36.9 Å². The number of hydrogen-bond donors (Lipinski definition) is 0. The first-order valence-electron chi connectivity index (χ1n) is 8.58. The highest BCUT2D eigenvalue weighted by atomic mass is 32.2. The second-order valence-corrected chi connectivity index (χ2v) is 8.79. The Hall–Kier alpha value is -1.07. The van der Waals surface area contributed by atoms with Crippen molar-refractivity contribution in [3.8, 4) is 0 Å². The number of ether oxygens (including phenoxy) is 1. The van der Waals surface area contributed by atoms with Crippen molar-refractivity contribution < 1.29 is 9.53 Å². The Bertz CT molecular complexity index is 596. The molecule has 0 unspecified atom stereocenters. The largest absolute Gasteiger partial charge is 0.371 e. The van der Waals surface area contributed by atoms with Crippen molar-refractivity contribution in [2.75, 3.05) is 18.8 Å². The molecule has 3 fully saturated rings. The molecule has 1 amide bonds. The molecule has 2 saturated heterocycles. The molecule has 0 N–H and O–H groups in total. The fraction of sp³-hybridized carbons (Fsp3) is 0.667. The van der Waals surface area contributed by atoms with Gasteiger partial charge in [0.05, 0.1) is 23.2 Å². The monoisotopic (exact) mass is 332 g/mol. The van der Waals surface area contributed by atoms with Crippen LogP contribution in [0.15, 0.2) is 18.2 Å². The smallest absolute Gasteiger partial charge is 0.222 e. The van der Waals surface area contributed by atoms with Crippen molar-refractivity contribution in [2.45, 2.75) is 50.1 Å². The number of aryl methyl sites for hydroxylation is 1. The number of thioether (sulfide) groups is 1. The van der Waals surface area contributed by atoms with Gasteiger partial charge in [0.25, 0.3) is 0 Å². The molecule has 3 aliphatic rings. The standard InChI is InChI=1S/C18H24N2O2S/c1-13-3-2-4-15(19-13)9-22-16-8-18(23-10-16)11-20(12-18)17(21)7-14-5-6-14/h2-4,14,16H,5-12H2,1H3/t16-/m1/s1. The van der Waals surface area contributed by atoms with Crippen molar-refractivity contribution >= 4 is 17.7 Å². The molecule has 1 atom stereocenters. The first kappa shape index (κ1) is 15.5. The zero-order chi connectivity index (χ0) is 15.9. The summed E-state index contributed by atoms with van der Waals surface area (Å²) >= 11 is 1.99. The normalized spacial score (nSPS) is 25.6. The SMILES string of the molecule is Cc1cccc(CO[C@H]2CSC3(C2)CN(C(=O)CC2CC2)C3)n1. The van der Waals surface area contributed by atoms with Gasteiger partial charge in [0.1, 0.15) is 0 Å². The van der Waals surface area contributed by atoms with E-state index in [-0.39, 0.29) is 4.75 Å². The van der Waals surface area contributed by atoms with E-state index in [9.17, 15) is 4.79 Å². The number of likely N-dealkylation sites (tertiary alicyclic amines) is 1. The maximum atomic E-state index is 12.1. The summed E-state index contributed by atoms with van der Waals surface area (Å²) in [5.41, 5.74) is 2.04. The molecule has 23 heavy (non-hydrogen) atoms. The molecule has 1 aromatic rings. The van der Waals surface area contributed by atoms with Gasteiger partial charge in [-0.05, 0) is 44.2 Å². The minimum atomic E-state index is 0.268. The Balaban J connectivity index is 1.23. The predicted molar refractivity (Wildman–Crippen MR) is 91.3 cm³/mol. The molecule has 1 spiro atoms. The fourth-order valence-corrected chi connectivity index (χ4v) is 5.09. The highest BCUT2D eigenvalue weighted by Crippen LogP contribution is 2.47. The second kappa shape index (κ2) is 6.10. The van der Waals surface area contributed by atoms with Gasteiger partial charge >= 0.3 is 0 Å². The summed E-state index contributed by atoms with van der Waals surface area (Å²) in [6.07, 6.45) is 4.64. The van der Waals surface area contributed by atoms with Crippen LogP contribution in [0.2, 0.25) is 0 Å². The number of rotatable bonds is 5. The number of carbonyl (C=O) groups excluding carboxylic acids is 1. The average Bonchev–Trinajstić information content (AvgIpc) is 3.19. The predicted octanol–water partition coefficient (Wildman–Crippen LogP) is 2.79. The molecule has 1 saturated carbocycles. The fourth-order valence-electron chi connectivity index (χ4n) is 3.54. The van der Waals surface area contributed by atoms with Crippen LogP contribution in [0.1, 0.15) is 37.1 Å². The maximum Gasteiger partial charge on any atom is 0.222 e. The highest BCUT2D eigenvalue weighted by Gasteiger charge is 2.51. The average molecular weight is 332 g/mol. The molecule has 0 bridgehead atoms. The highest BCUT2D eigenvalue weighted by molar-refractivity contribution is 8.01. The number of nitrogens with zero attached hydrogens (tertiary/aromatic N) is 2. The van der Waals surface area contributed by atoms with Crippen LogP contribution in [0.3, 0.4) is 0 Å². The molecule has 0 aromatic carbocycles. The van der Waals surface area contributed by atoms with Crippen molar-refractivity contribution in [3.63, 3.8) is 0 Å². The zero-order valence-electron chi connectivity index (χ0n) is 13.7. The molecule has 1 aromatic heterocycles. The van der Waals surface area contributed by atoms with Crippen LogP contribution >= 0.6 is 11.8 Å². The summed E-state index contributed by atoms with van der Waals surface area (Å²) in [6, 6.07) is 6.05. The van der Waals surface area contributed by atoms with E-state index in [1.165, 1.54) is 12.8 Å². The van der Waals surface area contributed by atoms with E-state index in [0.717, 1.165) is 43.1 Å². The zero-order valence-corrected chi connectivity index (χ0v) is 14.5. The molecule has 1 aliphatic carbocycles. The van der Waals surface area contributed by atoms with Gasteiger partial charge in [-0.1, -0.05) is 6.07 Å². The minimum absolute atomic E-state index is 0.268. The van der Waals surface area contributed by atoms with Gasteiger partial charge in [-0.2, -0.15) is 0 Å². The Morgan fingerprint density at radius 3 is 3.00 bits per heavy atom. The molecule has 2 aliphatic heterocycles. The summed E-state index contributed by atoms with van der Waals surface area (Å²) in [4.78, 5) is 18.7. The topological polar surface area (TPSA) is 42.4 Å². The van der Waals surface area contributed by atoms with Crippen molar-refractivity contribution in [1.82, 2.24) is 9.88 Å². The molecular weight excluding hydrogens is 308 g/mol. The van der Waals surface area contributed by atoms with Crippen LogP contribution in [-0.2, 0) is 16.1 Å². The lowest BCUT2D eigenvalue weighted by Crippen LogP contribution is -2.60. The number of hydrogen-bond acceptors (Lipinski definition) is 4. The van der Waals surface area contributed by atoms with Crippen molar-refractivity contribution in [1.29, 1.82) is 0 Å². The third-order valence-electron chi connectivity index (χ3n) is 5.06. The molecule has 124 valence electrons. The van der Waals surface area contributed by atoms with E-state index in [2.05, 4.69) is 9.88 Å². The molecule has 3 heterocycles. The molecule has 0 radical (unpaired) electrons. The first-order valence-corrected chi connectivity index (χ1v) is 9.56. The first-order chi connectivity index (χ1) is 11.1. The Morgan fingerprint density at radius 2 is 2.26 bits per heavy atom. The van der Waals surface area contributed by atoms with Gasteiger partial charge < -0.3 is 9.64 Å². The van der Waals surface area contributed by atoms with Gasteiger partial charge in [0, 0.05) is 31.0 Å². The van der Waals surface area contributed by atoms with E-state index in [1.54, 1.807) is 0 Å². The molecular formula is C18H24N2O2S. The Kier molecular flexibility index (Phi) is 4.10. The van der Waals surface area contributed by atoms with E-state index in [4.69, 9.17) is 4.74 Å². The van der Waals surface area contributed by atoms with Crippen LogP contribution < -0.4 is 0 Å². The van der Waals surface area contributed by atoms with Crippen LogP contribution in [0.4, 0.5) is 0 Å². The number of amides is 1. The summed E-state index contributed by atoms with van der Waals surface area (Å²) in [7, 11) is 0. The number of carbonyl (C=O) groups is 1. The van der Waals surface area contributed by atoms with E-state index < -0.39 is 0 Å². The van der Waals surface area contributed by atoms with Gasteiger partial charge in [-0.3, -0.25) is 9.78 Å². The Morgan fingerprint density at radius 1 is 1.43 bits per heavy atom.